The van der Waals surface area contributed by atoms with Crippen molar-refractivity contribution in [1.82, 2.24) is 20.1 Å². The molecule has 0 atom stereocenters. The Hall–Kier alpha value is -2.35. The fourth-order valence-corrected chi connectivity index (χ4v) is 3.67. The van der Waals surface area contributed by atoms with Gasteiger partial charge < -0.3 is 14.6 Å². The van der Waals surface area contributed by atoms with E-state index in [4.69, 9.17) is 16.3 Å². The highest BCUT2D eigenvalue weighted by molar-refractivity contribution is 7.99. The molecule has 1 heterocycles. The fraction of sp³-hybridized carbons (Fsp3) is 0.286. The molecule has 0 aliphatic carbocycles. The third-order valence-electron chi connectivity index (χ3n) is 4.21. The molecule has 6 nitrogen and oxygen atoms in total. The molecule has 3 rings (SSSR count). The van der Waals surface area contributed by atoms with Crippen molar-refractivity contribution >= 4 is 29.3 Å². The van der Waals surface area contributed by atoms with Gasteiger partial charge in [-0.05, 0) is 36.2 Å². The van der Waals surface area contributed by atoms with Gasteiger partial charge in [0.05, 0.1) is 5.75 Å². The Bertz CT molecular complexity index is 916. The topological polar surface area (TPSA) is 69.0 Å². The summed E-state index contributed by atoms with van der Waals surface area (Å²) in [6.07, 6.45) is 0.822. The first-order valence-electron chi connectivity index (χ1n) is 9.29. The van der Waals surface area contributed by atoms with E-state index in [1.165, 1.54) is 11.8 Å². The van der Waals surface area contributed by atoms with E-state index in [1.807, 2.05) is 59.2 Å². The Balaban J connectivity index is 1.65. The number of rotatable bonds is 10. The van der Waals surface area contributed by atoms with E-state index < -0.39 is 0 Å². The minimum absolute atomic E-state index is 0.0432. The van der Waals surface area contributed by atoms with Crippen LogP contribution in [0.25, 0.3) is 11.4 Å². The maximum absolute atomic E-state index is 12.3. The van der Waals surface area contributed by atoms with E-state index in [9.17, 15) is 4.79 Å². The minimum atomic E-state index is -0.0432. The van der Waals surface area contributed by atoms with Crippen molar-refractivity contribution in [1.29, 1.82) is 0 Å². The molecule has 1 aromatic heterocycles. The fourth-order valence-electron chi connectivity index (χ4n) is 2.75. The molecule has 0 unspecified atom stereocenters. The van der Waals surface area contributed by atoms with E-state index in [1.54, 1.807) is 7.11 Å². The summed E-state index contributed by atoms with van der Waals surface area (Å²) >= 11 is 7.37. The Kier molecular flexibility index (Phi) is 8.10. The lowest BCUT2D eigenvalue weighted by molar-refractivity contribution is -0.118. The lowest BCUT2D eigenvalue weighted by Crippen LogP contribution is -2.24. The summed E-state index contributed by atoms with van der Waals surface area (Å²) in [5.74, 6) is 0.985. The number of amides is 1. The smallest absolute Gasteiger partial charge is 0.230 e. The van der Waals surface area contributed by atoms with Crippen LogP contribution in [-0.4, -0.2) is 40.1 Å². The number of thioether (sulfide) groups is 1. The second-order valence-corrected chi connectivity index (χ2v) is 7.74. The van der Waals surface area contributed by atoms with Crippen LogP contribution < -0.4 is 5.32 Å². The first-order chi connectivity index (χ1) is 14.2. The molecule has 1 N–H and O–H groups in total. The van der Waals surface area contributed by atoms with Gasteiger partial charge in [-0.2, -0.15) is 0 Å². The third kappa shape index (κ3) is 6.32. The van der Waals surface area contributed by atoms with Crippen LogP contribution in [0.15, 0.2) is 59.8 Å². The number of carbonyl (C=O) groups excluding carboxylic acids is 1. The normalized spacial score (nSPS) is 10.8. The molecule has 0 radical (unpaired) electrons. The highest BCUT2D eigenvalue weighted by atomic mass is 35.5. The van der Waals surface area contributed by atoms with Gasteiger partial charge in [-0.3, -0.25) is 4.79 Å². The zero-order valence-corrected chi connectivity index (χ0v) is 17.7. The number of methoxy groups -OCH3 is 1. The second-order valence-electron chi connectivity index (χ2n) is 6.36. The van der Waals surface area contributed by atoms with E-state index in [0.29, 0.717) is 29.9 Å². The number of nitrogens with zero attached hydrogens (tertiary/aromatic N) is 3. The number of hydrogen-bond acceptors (Lipinski definition) is 5. The first-order valence-corrected chi connectivity index (χ1v) is 10.6. The molecule has 2 aromatic carbocycles. The molecule has 0 saturated carbocycles. The van der Waals surface area contributed by atoms with Gasteiger partial charge in [0.25, 0.3) is 0 Å². The van der Waals surface area contributed by atoms with Crippen LogP contribution in [0.4, 0.5) is 0 Å². The molecule has 1 amide bonds. The molecule has 0 saturated heterocycles. The van der Waals surface area contributed by atoms with Crippen LogP contribution in [0.3, 0.4) is 0 Å². The largest absolute Gasteiger partial charge is 0.385 e. The van der Waals surface area contributed by atoms with Gasteiger partial charge in [0, 0.05) is 37.4 Å². The lowest BCUT2D eigenvalue weighted by atomic mass is 10.2. The summed E-state index contributed by atoms with van der Waals surface area (Å²) in [5, 5.41) is 13.0. The average molecular weight is 431 g/mol. The zero-order valence-electron chi connectivity index (χ0n) is 16.2. The highest BCUT2D eigenvalue weighted by Crippen LogP contribution is 2.25. The molecule has 152 valence electrons. The van der Waals surface area contributed by atoms with Crippen LogP contribution in [0.1, 0.15) is 12.0 Å². The highest BCUT2D eigenvalue weighted by Gasteiger charge is 2.15. The molecule has 0 aliphatic rings. The van der Waals surface area contributed by atoms with Crippen molar-refractivity contribution in [2.24, 2.45) is 0 Å². The van der Waals surface area contributed by atoms with Gasteiger partial charge in [0.15, 0.2) is 11.0 Å². The van der Waals surface area contributed by atoms with E-state index in [0.717, 1.165) is 23.4 Å². The maximum atomic E-state index is 12.3. The Morgan fingerprint density at radius 1 is 1.14 bits per heavy atom. The number of ether oxygens (including phenoxy) is 1. The molecule has 0 aliphatic heterocycles. The summed E-state index contributed by atoms with van der Waals surface area (Å²) in [6, 6.07) is 17.3. The molecule has 0 bridgehead atoms. The first kappa shape index (κ1) is 21.4. The number of aromatic nitrogens is 3. The van der Waals surface area contributed by atoms with Gasteiger partial charge in [-0.15, -0.1) is 10.2 Å². The zero-order chi connectivity index (χ0) is 20.5. The van der Waals surface area contributed by atoms with E-state index in [-0.39, 0.29) is 11.7 Å². The van der Waals surface area contributed by atoms with Crippen LogP contribution in [0.5, 0.6) is 0 Å². The Labute approximate surface area is 179 Å². The predicted molar refractivity (Wildman–Crippen MR) is 116 cm³/mol. The van der Waals surface area contributed by atoms with E-state index in [2.05, 4.69) is 15.5 Å². The number of nitrogens with one attached hydrogen (secondary N) is 1. The molecular weight excluding hydrogens is 408 g/mol. The summed E-state index contributed by atoms with van der Waals surface area (Å²) < 4.78 is 7.20. The van der Waals surface area contributed by atoms with Gasteiger partial charge in [0.1, 0.15) is 0 Å². The SMILES string of the molecule is COCCCn1c(SCC(=O)NCc2ccccc2)nnc1-c1ccc(Cl)cc1. The van der Waals surface area contributed by atoms with Crippen molar-refractivity contribution in [2.45, 2.75) is 24.7 Å². The van der Waals surface area contributed by atoms with Crippen molar-refractivity contribution < 1.29 is 9.53 Å². The number of hydrogen-bond donors (Lipinski definition) is 1. The number of benzene rings is 2. The van der Waals surface area contributed by atoms with Crippen LogP contribution in [-0.2, 0) is 22.6 Å². The van der Waals surface area contributed by atoms with Crippen molar-refractivity contribution in [2.75, 3.05) is 19.5 Å². The Morgan fingerprint density at radius 3 is 2.62 bits per heavy atom. The number of halogens is 1. The van der Waals surface area contributed by atoms with Crippen molar-refractivity contribution in [3.8, 4) is 11.4 Å². The summed E-state index contributed by atoms with van der Waals surface area (Å²) in [7, 11) is 1.68. The summed E-state index contributed by atoms with van der Waals surface area (Å²) in [6.45, 7) is 1.85. The van der Waals surface area contributed by atoms with E-state index >= 15 is 0 Å². The van der Waals surface area contributed by atoms with Crippen molar-refractivity contribution in [3.63, 3.8) is 0 Å². The molecule has 29 heavy (non-hydrogen) atoms. The quantitative estimate of drug-likeness (QED) is 0.388. The van der Waals surface area contributed by atoms with Gasteiger partial charge in [-0.25, -0.2) is 0 Å². The molecule has 0 spiro atoms. The molecular formula is C21H23ClN4O2S. The molecule has 3 aromatic rings. The standard InChI is InChI=1S/C21H23ClN4O2S/c1-28-13-5-12-26-20(17-8-10-18(22)11-9-17)24-25-21(26)29-15-19(27)23-14-16-6-3-2-4-7-16/h2-4,6-11H,5,12-15H2,1H3,(H,23,27). The maximum Gasteiger partial charge on any atom is 0.230 e. The molecule has 8 heteroatoms. The average Bonchev–Trinajstić information content (AvgIpc) is 3.15. The van der Waals surface area contributed by atoms with Crippen LogP contribution >= 0.6 is 23.4 Å². The van der Waals surface area contributed by atoms with Crippen LogP contribution in [0, 0.1) is 0 Å². The second kappa shape index (κ2) is 11.0. The third-order valence-corrected chi connectivity index (χ3v) is 5.43. The summed E-state index contributed by atoms with van der Waals surface area (Å²) in [4.78, 5) is 12.3. The van der Waals surface area contributed by atoms with Gasteiger partial charge >= 0.3 is 0 Å². The minimum Gasteiger partial charge on any atom is -0.385 e. The monoisotopic (exact) mass is 430 g/mol. The van der Waals surface area contributed by atoms with Gasteiger partial charge in [-0.1, -0.05) is 53.7 Å². The predicted octanol–water partition coefficient (Wildman–Crippen LogP) is 4.04. The van der Waals surface area contributed by atoms with Gasteiger partial charge in [0.2, 0.25) is 5.91 Å². The van der Waals surface area contributed by atoms with Crippen molar-refractivity contribution in [3.05, 3.63) is 65.2 Å². The Morgan fingerprint density at radius 2 is 1.90 bits per heavy atom. The lowest BCUT2D eigenvalue weighted by Gasteiger charge is -2.10. The number of carbonyl (C=O) groups is 1. The summed E-state index contributed by atoms with van der Waals surface area (Å²) in [5.41, 5.74) is 2.00. The molecule has 0 fully saturated rings. The van der Waals surface area contributed by atoms with Crippen LogP contribution in [0.2, 0.25) is 5.02 Å².